The number of hydrogen-bond donors (Lipinski definition) is 0. The van der Waals surface area contributed by atoms with Crippen LogP contribution in [0.15, 0.2) is 47.6 Å². The summed E-state index contributed by atoms with van der Waals surface area (Å²) in [7, 11) is 0. The molecule has 2 aromatic rings. The van der Waals surface area contributed by atoms with Crippen molar-refractivity contribution in [2.24, 2.45) is 0 Å². The lowest BCUT2D eigenvalue weighted by atomic mass is 10.2. The molecule has 0 aliphatic heterocycles. The number of hydrogen-bond acceptors (Lipinski definition) is 4. The van der Waals surface area contributed by atoms with E-state index >= 15 is 0 Å². The SMILES string of the molecule is O=[N+]([O-])c1cccc(CSc2ccccn2)c1F. The molecule has 0 N–H and O–H groups in total. The second-order valence-electron chi connectivity index (χ2n) is 3.46. The maximum Gasteiger partial charge on any atom is 0.305 e. The standard InChI is InChI=1S/C12H9FN2O2S/c13-12-9(4-3-5-10(12)15(16)17)8-18-11-6-1-2-7-14-11/h1-7H,8H2. The van der Waals surface area contributed by atoms with Crippen molar-refractivity contribution in [3.8, 4) is 0 Å². The van der Waals surface area contributed by atoms with E-state index in [4.69, 9.17) is 0 Å². The van der Waals surface area contributed by atoms with Crippen molar-refractivity contribution in [2.45, 2.75) is 10.8 Å². The Bertz CT molecular complexity index is 563. The van der Waals surface area contributed by atoms with Gasteiger partial charge in [-0.1, -0.05) is 18.2 Å². The Kier molecular flexibility index (Phi) is 3.88. The van der Waals surface area contributed by atoms with E-state index in [2.05, 4.69) is 4.98 Å². The Morgan fingerprint density at radius 3 is 2.78 bits per heavy atom. The van der Waals surface area contributed by atoms with Crippen LogP contribution < -0.4 is 0 Å². The number of nitrogens with zero attached hydrogens (tertiary/aromatic N) is 2. The van der Waals surface area contributed by atoms with Gasteiger partial charge in [-0.15, -0.1) is 11.8 Å². The van der Waals surface area contributed by atoms with Gasteiger partial charge in [0.15, 0.2) is 0 Å². The Hall–Kier alpha value is -1.95. The predicted molar refractivity (Wildman–Crippen MR) is 66.9 cm³/mol. The van der Waals surface area contributed by atoms with E-state index in [0.29, 0.717) is 11.3 Å². The van der Waals surface area contributed by atoms with Crippen molar-refractivity contribution in [1.82, 2.24) is 4.98 Å². The number of halogens is 1. The molecule has 92 valence electrons. The van der Waals surface area contributed by atoms with Crippen LogP contribution in [-0.4, -0.2) is 9.91 Å². The molecule has 0 aliphatic rings. The molecule has 0 fully saturated rings. The number of nitro groups is 1. The normalized spacial score (nSPS) is 10.3. The Labute approximate surface area is 107 Å². The van der Waals surface area contributed by atoms with Gasteiger partial charge in [0, 0.05) is 23.6 Å². The van der Waals surface area contributed by atoms with E-state index in [0.717, 1.165) is 11.1 Å². The van der Waals surface area contributed by atoms with E-state index in [-0.39, 0.29) is 0 Å². The van der Waals surface area contributed by atoms with Gasteiger partial charge in [0.2, 0.25) is 5.82 Å². The van der Waals surface area contributed by atoms with Crippen LogP contribution in [0.3, 0.4) is 0 Å². The van der Waals surface area contributed by atoms with E-state index in [1.807, 2.05) is 6.07 Å². The molecule has 1 aromatic heterocycles. The van der Waals surface area contributed by atoms with Gasteiger partial charge in [0.05, 0.1) is 9.95 Å². The first kappa shape index (κ1) is 12.5. The van der Waals surface area contributed by atoms with E-state index in [1.54, 1.807) is 18.3 Å². The zero-order chi connectivity index (χ0) is 13.0. The molecule has 18 heavy (non-hydrogen) atoms. The summed E-state index contributed by atoms with van der Waals surface area (Å²) in [4.78, 5) is 14.0. The summed E-state index contributed by atoms with van der Waals surface area (Å²) in [5, 5.41) is 11.3. The van der Waals surface area contributed by atoms with E-state index in [9.17, 15) is 14.5 Å². The fourth-order valence-corrected chi connectivity index (χ4v) is 2.24. The lowest BCUT2D eigenvalue weighted by Gasteiger charge is -2.03. The summed E-state index contributed by atoms with van der Waals surface area (Å²) >= 11 is 1.33. The molecular weight excluding hydrogens is 255 g/mol. The minimum atomic E-state index is -0.772. The van der Waals surface area contributed by atoms with Crippen molar-refractivity contribution < 1.29 is 9.31 Å². The first-order valence-electron chi connectivity index (χ1n) is 5.14. The molecule has 0 bridgehead atoms. The van der Waals surface area contributed by atoms with Crippen molar-refractivity contribution in [2.75, 3.05) is 0 Å². The van der Waals surface area contributed by atoms with Gasteiger partial charge in [-0.2, -0.15) is 4.39 Å². The second-order valence-corrected chi connectivity index (χ2v) is 4.46. The minimum absolute atomic E-state index is 0.305. The summed E-state index contributed by atoms with van der Waals surface area (Å²) in [6.07, 6.45) is 1.64. The van der Waals surface area contributed by atoms with Crippen LogP contribution in [0.2, 0.25) is 0 Å². The fraction of sp³-hybridized carbons (Fsp3) is 0.0833. The largest absolute Gasteiger partial charge is 0.305 e. The van der Waals surface area contributed by atoms with Crippen molar-refractivity contribution in [1.29, 1.82) is 0 Å². The van der Waals surface area contributed by atoms with Crippen LogP contribution in [0.1, 0.15) is 5.56 Å². The molecule has 2 rings (SSSR count). The molecule has 0 atom stereocenters. The minimum Gasteiger partial charge on any atom is -0.258 e. The van der Waals surface area contributed by atoms with Crippen molar-refractivity contribution >= 4 is 17.4 Å². The monoisotopic (exact) mass is 264 g/mol. The molecule has 0 amide bonds. The van der Waals surface area contributed by atoms with Crippen LogP contribution in [0.5, 0.6) is 0 Å². The summed E-state index contributed by atoms with van der Waals surface area (Å²) in [5.41, 5.74) is -0.186. The first-order valence-corrected chi connectivity index (χ1v) is 6.12. The number of nitro benzene ring substituents is 1. The van der Waals surface area contributed by atoms with Gasteiger partial charge in [-0.05, 0) is 12.1 Å². The highest BCUT2D eigenvalue weighted by Crippen LogP contribution is 2.26. The molecule has 0 aliphatic carbocycles. The maximum absolute atomic E-state index is 13.8. The highest BCUT2D eigenvalue weighted by Gasteiger charge is 2.17. The number of benzene rings is 1. The van der Waals surface area contributed by atoms with Gasteiger partial charge in [-0.3, -0.25) is 10.1 Å². The van der Waals surface area contributed by atoms with E-state index < -0.39 is 16.4 Å². The molecule has 4 nitrogen and oxygen atoms in total. The van der Waals surface area contributed by atoms with Gasteiger partial charge in [0.1, 0.15) is 0 Å². The van der Waals surface area contributed by atoms with Crippen LogP contribution in [0.4, 0.5) is 10.1 Å². The lowest BCUT2D eigenvalue weighted by Crippen LogP contribution is -1.96. The average Bonchev–Trinajstić information content (AvgIpc) is 2.38. The summed E-state index contributed by atoms with van der Waals surface area (Å²) in [6.45, 7) is 0. The van der Waals surface area contributed by atoms with Gasteiger partial charge < -0.3 is 0 Å². The average molecular weight is 264 g/mol. The van der Waals surface area contributed by atoms with Gasteiger partial charge in [0.25, 0.3) is 0 Å². The smallest absolute Gasteiger partial charge is 0.258 e. The first-order chi connectivity index (χ1) is 8.68. The number of aromatic nitrogens is 1. The second kappa shape index (κ2) is 5.59. The van der Waals surface area contributed by atoms with Crippen LogP contribution in [-0.2, 0) is 5.75 Å². The third-order valence-electron chi connectivity index (χ3n) is 2.27. The van der Waals surface area contributed by atoms with Crippen LogP contribution in [0.25, 0.3) is 0 Å². The summed E-state index contributed by atoms with van der Waals surface area (Å²) < 4.78 is 13.8. The number of rotatable bonds is 4. The third-order valence-corrected chi connectivity index (χ3v) is 3.26. The molecule has 0 spiro atoms. The van der Waals surface area contributed by atoms with Crippen molar-refractivity contribution in [3.63, 3.8) is 0 Å². The number of pyridine rings is 1. The molecular formula is C12H9FN2O2S. The maximum atomic E-state index is 13.8. The van der Waals surface area contributed by atoms with Gasteiger partial charge in [-0.25, -0.2) is 4.98 Å². The zero-order valence-corrected chi connectivity index (χ0v) is 10.1. The molecule has 0 saturated heterocycles. The zero-order valence-electron chi connectivity index (χ0n) is 9.25. The van der Waals surface area contributed by atoms with E-state index in [1.165, 1.54) is 23.9 Å². The molecule has 0 radical (unpaired) electrons. The summed E-state index contributed by atoms with van der Waals surface area (Å²) in [5.74, 6) is -0.462. The highest BCUT2D eigenvalue weighted by atomic mass is 32.2. The van der Waals surface area contributed by atoms with Gasteiger partial charge >= 0.3 is 5.69 Å². The quantitative estimate of drug-likeness (QED) is 0.482. The van der Waals surface area contributed by atoms with Crippen molar-refractivity contribution in [3.05, 3.63) is 64.1 Å². The molecule has 1 aromatic carbocycles. The molecule has 0 saturated carbocycles. The number of thioether (sulfide) groups is 1. The molecule has 1 heterocycles. The Morgan fingerprint density at radius 2 is 2.11 bits per heavy atom. The van der Waals surface area contributed by atoms with Crippen LogP contribution in [0, 0.1) is 15.9 Å². The Balaban J connectivity index is 2.15. The molecule has 6 heteroatoms. The molecule has 0 unspecified atom stereocenters. The Morgan fingerprint density at radius 1 is 1.28 bits per heavy atom. The lowest BCUT2D eigenvalue weighted by molar-refractivity contribution is -0.387. The van der Waals surface area contributed by atoms with Crippen LogP contribution >= 0.6 is 11.8 Å². The summed E-state index contributed by atoms with van der Waals surface area (Å²) in [6, 6.07) is 9.61. The topological polar surface area (TPSA) is 56.0 Å². The third kappa shape index (κ3) is 2.84. The fourth-order valence-electron chi connectivity index (χ4n) is 1.40. The predicted octanol–water partition coefficient (Wildman–Crippen LogP) is 3.42. The highest BCUT2D eigenvalue weighted by molar-refractivity contribution is 7.98.